The van der Waals surface area contributed by atoms with Gasteiger partial charge in [0.25, 0.3) is 5.56 Å². The molecule has 0 unspecified atom stereocenters. The lowest BCUT2D eigenvalue weighted by Gasteiger charge is -2.09. The van der Waals surface area contributed by atoms with Gasteiger partial charge < -0.3 is 10.1 Å². The number of hydrogen-bond donors (Lipinski definition) is 1. The van der Waals surface area contributed by atoms with Gasteiger partial charge in [-0.1, -0.05) is 30.3 Å². The number of nitrogens with zero attached hydrogens (tertiary/aromatic N) is 2. The second-order valence-corrected chi connectivity index (χ2v) is 5.72. The van der Waals surface area contributed by atoms with Gasteiger partial charge in [-0.2, -0.15) is 5.10 Å². The Morgan fingerprint density at radius 1 is 1.12 bits per heavy atom. The van der Waals surface area contributed by atoms with Crippen LogP contribution in [-0.2, 0) is 17.9 Å². The molecule has 0 bridgehead atoms. The Bertz CT molecular complexity index is 962. The fourth-order valence-electron chi connectivity index (χ4n) is 2.65. The zero-order valence-electron chi connectivity index (χ0n) is 14.2. The van der Waals surface area contributed by atoms with Crippen LogP contribution in [0.2, 0.25) is 0 Å². The highest BCUT2D eigenvalue weighted by atomic mass is 16.5. The largest absolute Gasteiger partial charge is 0.497 e. The van der Waals surface area contributed by atoms with Crippen LogP contribution in [0.4, 0.5) is 0 Å². The van der Waals surface area contributed by atoms with Gasteiger partial charge in [0.15, 0.2) is 0 Å². The first-order chi connectivity index (χ1) is 12.1. The number of carbonyl (C=O) groups is 1. The van der Waals surface area contributed by atoms with Crippen molar-refractivity contribution in [2.24, 2.45) is 0 Å². The van der Waals surface area contributed by atoms with Gasteiger partial charge in [-0.3, -0.25) is 9.59 Å². The summed E-state index contributed by atoms with van der Waals surface area (Å²) in [6, 6.07) is 14.7. The Hall–Kier alpha value is -3.15. The summed E-state index contributed by atoms with van der Waals surface area (Å²) >= 11 is 0. The number of ether oxygens (including phenoxy) is 1. The number of methoxy groups -OCH3 is 1. The highest BCUT2D eigenvalue weighted by molar-refractivity contribution is 5.83. The molecular weight excluding hydrogens is 318 g/mol. The molecule has 0 aliphatic carbocycles. The standard InChI is InChI=1S/C19H19N3O3/c1-13-16-5-3-4-6-17(16)19(24)22(21-13)12-18(23)20-11-14-7-9-15(25-2)10-8-14/h3-10H,11-12H2,1-2H3,(H,20,23). The van der Waals surface area contributed by atoms with E-state index in [9.17, 15) is 9.59 Å². The van der Waals surface area contributed by atoms with Gasteiger partial charge in [0.2, 0.25) is 5.91 Å². The molecule has 1 N–H and O–H groups in total. The highest BCUT2D eigenvalue weighted by Gasteiger charge is 2.10. The van der Waals surface area contributed by atoms with Gasteiger partial charge in [-0.25, -0.2) is 4.68 Å². The Morgan fingerprint density at radius 2 is 1.80 bits per heavy atom. The zero-order chi connectivity index (χ0) is 17.8. The number of aryl methyl sites for hydroxylation is 1. The molecule has 0 saturated carbocycles. The SMILES string of the molecule is COc1ccc(CNC(=O)Cn2nc(C)c3ccccc3c2=O)cc1. The number of benzene rings is 2. The maximum atomic E-state index is 12.5. The summed E-state index contributed by atoms with van der Waals surface area (Å²) in [5.74, 6) is 0.498. The number of aromatic nitrogens is 2. The number of carbonyl (C=O) groups excluding carboxylic acids is 1. The summed E-state index contributed by atoms with van der Waals surface area (Å²) in [5.41, 5.74) is 1.41. The minimum atomic E-state index is -0.264. The Morgan fingerprint density at radius 3 is 2.48 bits per heavy atom. The van der Waals surface area contributed by atoms with Crippen LogP contribution in [0, 0.1) is 6.92 Å². The molecule has 0 spiro atoms. The summed E-state index contributed by atoms with van der Waals surface area (Å²) in [6.07, 6.45) is 0. The minimum absolute atomic E-state index is 0.110. The van der Waals surface area contributed by atoms with Crippen LogP contribution >= 0.6 is 0 Å². The summed E-state index contributed by atoms with van der Waals surface area (Å²) in [5, 5.41) is 8.42. The van der Waals surface area contributed by atoms with Gasteiger partial charge in [-0.05, 0) is 30.7 Å². The smallest absolute Gasteiger partial charge is 0.275 e. The van der Waals surface area contributed by atoms with Crippen LogP contribution in [-0.4, -0.2) is 22.8 Å². The van der Waals surface area contributed by atoms with E-state index in [1.807, 2.05) is 43.3 Å². The molecule has 3 aromatic rings. The zero-order valence-corrected chi connectivity index (χ0v) is 14.2. The normalized spacial score (nSPS) is 10.6. The number of amides is 1. The van der Waals surface area contributed by atoms with Gasteiger partial charge in [-0.15, -0.1) is 0 Å². The van der Waals surface area contributed by atoms with E-state index in [4.69, 9.17) is 4.74 Å². The van der Waals surface area contributed by atoms with E-state index < -0.39 is 0 Å². The molecule has 0 aliphatic heterocycles. The molecule has 0 fully saturated rings. The third-order valence-electron chi connectivity index (χ3n) is 3.99. The van der Waals surface area contributed by atoms with Crippen molar-refractivity contribution in [3.05, 3.63) is 70.1 Å². The molecule has 6 heteroatoms. The first-order valence-corrected chi connectivity index (χ1v) is 7.94. The topological polar surface area (TPSA) is 73.2 Å². The molecule has 1 heterocycles. The summed E-state index contributed by atoms with van der Waals surface area (Å²) < 4.78 is 6.31. The number of fused-ring (bicyclic) bond motifs is 1. The molecule has 3 rings (SSSR count). The van der Waals surface area contributed by atoms with Crippen molar-refractivity contribution in [1.82, 2.24) is 15.1 Å². The third kappa shape index (κ3) is 3.68. The molecule has 1 aromatic heterocycles. The summed E-state index contributed by atoms with van der Waals surface area (Å²) in [7, 11) is 1.60. The van der Waals surface area contributed by atoms with Crippen molar-refractivity contribution in [3.63, 3.8) is 0 Å². The Kier molecular flexibility index (Phi) is 4.79. The van der Waals surface area contributed by atoms with E-state index in [1.165, 1.54) is 4.68 Å². The van der Waals surface area contributed by atoms with E-state index in [1.54, 1.807) is 19.2 Å². The van der Waals surface area contributed by atoms with Crippen LogP contribution in [0.25, 0.3) is 10.8 Å². The van der Waals surface area contributed by atoms with Crippen molar-refractivity contribution < 1.29 is 9.53 Å². The molecule has 2 aromatic carbocycles. The van der Waals surface area contributed by atoms with Crippen molar-refractivity contribution in [2.45, 2.75) is 20.0 Å². The highest BCUT2D eigenvalue weighted by Crippen LogP contribution is 2.12. The van der Waals surface area contributed by atoms with Gasteiger partial charge in [0.1, 0.15) is 12.3 Å². The molecule has 0 aliphatic rings. The number of hydrogen-bond acceptors (Lipinski definition) is 4. The van der Waals surface area contributed by atoms with Gasteiger partial charge in [0, 0.05) is 11.9 Å². The average Bonchev–Trinajstić information content (AvgIpc) is 2.64. The predicted molar refractivity (Wildman–Crippen MR) is 95.6 cm³/mol. The number of nitrogens with one attached hydrogen (secondary N) is 1. The second-order valence-electron chi connectivity index (χ2n) is 5.72. The Labute approximate surface area is 145 Å². The molecule has 0 saturated heterocycles. The van der Waals surface area contributed by atoms with Gasteiger partial charge >= 0.3 is 0 Å². The monoisotopic (exact) mass is 337 g/mol. The molecular formula is C19H19N3O3. The average molecular weight is 337 g/mol. The minimum Gasteiger partial charge on any atom is -0.497 e. The van der Waals surface area contributed by atoms with Crippen LogP contribution in [0.3, 0.4) is 0 Å². The van der Waals surface area contributed by atoms with E-state index >= 15 is 0 Å². The lowest BCUT2D eigenvalue weighted by molar-refractivity contribution is -0.122. The van der Waals surface area contributed by atoms with Crippen molar-refractivity contribution in [1.29, 1.82) is 0 Å². The summed E-state index contributed by atoms with van der Waals surface area (Å²) in [6.45, 7) is 2.10. The lowest BCUT2D eigenvalue weighted by Crippen LogP contribution is -2.33. The molecule has 128 valence electrons. The molecule has 6 nitrogen and oxygen atoms in total. The quantitative estimate of drug-likeness (QED) is 0.773. The van der Waals surface area contributed by atoms with E-state index in [-0.39, 0.29) is 18.0 Å². The molecule has 1 amide bonds. The molecule has 25 heavy (non-hydrogen) atoms. The second kappa shape index (κ2) is 7.17. The Balaban J connectivity index is 1.71. The number of rotatable bonds is 5. The van der Waals surface area contributed by atoms with Crippen molar-refractivity contribution >= 4 is 16.7 Å². The maximum Gasteiger partial charge on any atom is 0.275 e. The van der Waals surface area contributed by atoms with Crippen molar-refractivity contribution in [2.75, 3.05) is 7.11 Å². The fourth-order valence-corrected chi connectivity index (χ4v) is 2.65. The van der Waals surface area contributed by atoms with Crippen LogP contribution in [0.15, 0.2) is 53.3 Å². The van der Waals surface area contributed by atoms with E-state index in [0.29, 0.717) is 11.9 Å². The third-order valence-corrected chi connectivity index (χ3v) is 3.99. The predicted octanol–water partition coefficient (Wildman–Crippen LogP) is 2.03. The lowest BCUT2D eigenvalue weighted by atomic mass is 10.1. The fraction of sp³-hybridized carbons (Fsp3) is 0.211. The molecule has 0 atom stereocenters. The van der Waals surface area contributed by atoms with Crippen LogP contribution < -0.4 is 15.6 Å². The first kappa shape index (κ1) is 16.7. The first-order valence-electron chi connectivity index (χ1n) is 7.94. The molecule has 0 radical (unpaired) electrons. The van der Waals surface area contributed by atoms with Crippen LogP contribution in [0.1, 0.15) is 11.3 Å². The summed E-state index contributed by atoms with van der Waals surface area (Å²) in [4.78, 5) is 24.6. The van der Waals surface area contributed by atoms with Crippen LogP contribution in [0.5, 0.6) is 5.75 Å². The van der Waals surface area contributed by atoms with Gasteiger partial charge in [0.05, 0.1) is 18.2 Å². The maximum absolute atomic E-state index is 12.5. The van der Waals surface area contributed by atoms with E-state index in [2.05, 4.69) is 10.4 Å². The van der Waals surface area contributed by atoms with E-state index in [0.717, 1.165) is 22.4 Å². The van der Waals surface area contributed by atoms with Crippen molar-refractivity contribution in [3.8, 4) is 5.75 Å².